The Kier molecular flexibility index (Phi) is 6.42. The SMILES string of the molecule is c1ccc(-c2cc(-c3ccccc3)nc(-n3c4cc5ccccc5cc4c4cccc(-c5ccc6sc7ccc8ccccc8c7c6c5)c43)n2)cc1. The summed E-state index contributed by atoms with van der Waals surface area (Å²) in [5.74, 6) is 0.649. The van der Waals surface area contributed by atoms with Crippen LogP contribution in [0.25, 0.3) is 103 Å². The monoisotopic (exact) mass is 679 g/mol. The Labute approximate surface area is 303 Å². The average molecular weight is 680 g/mol. The number of fused-ring (bicyclic) bond motifs is 9. The van der Waals surface area contributed by atoms with Crippen LogP contribution in [0.5, 0.6) is 0 Å². The molecule has 11 aromatic rings. The topological polar surface area (TPSA) is 30.7 Å². The molecule has 3 heterocycles. The van der Waals surface area contributed by atoms with Gasteiger partial charge in [0.25, 0.3) is 0 Å². The van der Waals surface area contributed by atoms with E-state index in [0.29, 0.717) is 5.95 Å². The molecule has 0 bridgehead atoms. The van der Waals surface area contributed by atoms with E-state index in [1.807, 2.05) is 23.5 Å². The molecule has 0 radical (unpaired) electrons. The number of thiophene rings is 1. The molecule has 0 amide bonds. The third kappa shape index (κ3) is 4.51. The van der Waals surface area contributed by atoms with E-state index in [-0.39, 0.29) is 0 Å². The Hall–Kier alpha value is -6.62. The zero-order valence-corrected chi connectivity index (χ0v) is 28.8. The van der Waals surface area contributed by atoms with Gasteiger partial charge < -0.3 is 0 Å². The molecule has 0 saturated heterocycles. The standard InChI is InChI=1S/C48H29N3S/c1-3-13-31(14-4-1)41-29-42(32-15-5-2-6-16-32)50-48(49-41)51-43-28-34-18-8-7-17-33(34)26-39(43)38-21-11-20-37(47(38)51)35-23-24-44-40(27-35)46-36-19-10-9-12-30(36)22-25-45(46)52-44/h1-29H. The zero-order chi connectivity index (χ0) is 34.2. The average Bonchev–Trinajstić information content (AvgIpc) is 3.76. The van der Waals surface area contributed by atoms with Gasteiger partial charge in [-0.3, -0.25) is 4.57 Å². The van der Waals surface area contributed by atoms with Gasteiger partial charge in [-0.15, -0.1) is 11.3 Å². The van der Waals surface area contributed by atoms with Crippen molar-refractivity contribution in [2.24, 2.45) is 0 Å². The lowest BCUT2D eigenvalue weighted by atomic mass is 9.98. The van der Waals surface area contributed by atoms with E-state index in [1.165, 1.54) is 58.1 Å². The number of benzene rings is 8. The summed E-state index contributed by atoms with van der Waals surface area (Å²) in [5.41, 5.74) is 8.37. The number of hydrogen-bond donors (Lipinski definition) is 0. The van der Waals surface area contributed by atoms with Crippen LogP contribution < -0.4 is 0 Å². The molecule has 0 atom stereocenters. The summed E-state index contributed by atoms with van der Waals surface area (Å²) >= 11 is 1.86. The molecular formula is C48H29N3S. The Morgan fingerprint density at radius 1 is 0.404 bits per heavy atom. The zero-order valence-electron chi connectivity index (χ0n) is 28.0. The van der Waals surface area contributed by atoms with Gasteiger partial charge in [-0.05, 0) is 63.5 Å². The van der Waals surface area contributed by atoms with Crippen molar-refractivity contribution < 1.29 is 0 Å². The highest BCUT2D eigenvalue weighted by Crippen LogP contribution is 2.43. The first kappa shape index (κ1) is 29.1. The summed E-state index contributed by atoms with van der Waals surface area (Å²) in [6, 6.07) is 63.1. The highest BCUT2D eigenvalue weighted by Gasteiger charge is 2.21. The maximum absolute atomic E-state index is 5.36. The quantitative estimate of drug-likeness (QED) is 0.185. The van der Waals surface area contributed by atoms with Crippen molar-refractivity contribution in [2.45, 2.75) is 0 Å². The van der Waals surface area contributed by atoms with Gasteiger partial charge in [0.15, 0.2) is 0 Å². The molecule has 0 fully saturated rings. The summed E-state index contributed by atoms with van der Waals surface area (Å²) in [6.45, 7) is 0. The summed E-state index contributed by atoms with van der Waals surface area (Å²) in [6.07, 6.45) is 0. The fourth-order valence-corrected chi connectivity index (χ4v) is 9.06. The third-order valence-corrected chi connectivity index (χ3v) is 11.5. The first-order valence-electron chi connectivity index (χ1n) is 17.6. The first-order valence-corrected chi connectivity index (χ1v) is 18.4. The van der Waals surface area contributed by atoms with Crippen LogP contribution in [0, 0.1) is 0 Å². The molecule has 3 nitrogen and oxygen atoms in total. The number of para-hydroxylation sites is 1. The molecule has 0 aliphatic rings. The van der Waals surface area contributed by atoms with E-state index in [1.54, 1.807) is 0 Å². The molecule has 242 valence electrons. The minimum absolute atomic E-state index is 0.649. The van der Waals surface area contributed by atoms with Gasteiger partial charge in [0, 0.05) is 47.6 Å². The lowest BCUT2D eigenvalue weighted by molar-refractivity contribution is 0.996. The highest BCUT2D eigenvalue weighted by atomic mass is 32.1. The van der Waals surface area contributed by atoms with Gasteiger partial charge in [-0.2, -0.15) is 0 Å². The molecule has 8 aromatic carbocycles. The molecule has 0 spiro atoms. The summed E-state index contributed by atoms with van der Waals surface area (Å²) in [5, 5.41) is 9.91. The number of nitrogens with zero attached hydrogens (tertiary/aromatic N) is 3. The number of aromatic nitrogens is 3. The van der Waals surface area contributed by atoms with Crippen LogP contribution in [-0.4, -0.2) is 14.5 Å². The lowest BCUT2D eigenvalue weighted by Gasteiger charge is -2.14. The van der Waals surface area contributed by atoms with Crippen molar-refractivity contribution in [2.75, 3.05) is 0 Å². The fourth-order valence-electron chi connectivity index (χ4n) is 7.95. The molecule has 0 aliphatic heterocycles. The van der Waals surface area contributed by atoms with E-state index in [9.17, 15) is 0 Å². The number of hydrogen-bond acceptors (Lipinski definition) is 3. The molecular weight excluding hydrogens is 651 g/mol. The molecule has 4 heteroatoms. The van der Waals surface area contributed by atoms with Crippen LogP contribution in [0.2, 0.25) is 0 Å². The van der Waals surface area contributed by atoms with E-state index >= 15 is 0 Å². The molecule has 11 rings (SSSR count). The van der Waals surface area contributed by atoms with Crippen molar-refractivity contribution in [3.63, 3.8) is 0 Å². The van der Waals surface area contributed by atoms with Crippen molar-refractivity contribution in [1.82, 2.24) is 14.5 Å². The Balaban J connectivity index is 1.26. The molecule has 3 aromatic heterocycles. The summed E-state index contributed by atoms with van der Waals surface area (Å²) in [7, 11) is 0. The van der Waals surface area contributed by atoms with Gasteiger partial charge >= 0.3 is 0 Å². The van der Waals surface area contributed by atoms with E-state index in [2.05, 4.69) is 168 Å². The summed E-state index contributed by atoms with van der Waals surface area (Å²) < 4.78 is 4.90. The van der Waals surface area contributed by atoms with Crippen LogP contribution in [0.4, 0.5) is 0 Å². The Bertz CT molecular complexity index is 3120. The Morgan fingerprint density at radius 3 is 1.79 bits per heavy atom. The van der Waals surface area contributed by atoms with Crippen molar-refractivity contribution >= 4 is 74.9 Å². The second kappa shape index (κ2) is 11.5. The van der Waals surface area contributed by atoms with E-state index in [4.69, 9.17) is 9.97 Å². The fraction of sp³-hybridized carbons (Fsp3) is 0. The molecule has 0 N–H and O–H groups in total. The van der Waals surface area contributed by atoms with Crippen LogP contribution >= 0.6 is 11.3 Å². The van der Waals surface area contributed by atoms with Crippen molar-refractivity contribution in [1.29, 1.82) is 0 Å². The first-order chi connectivity index (χ1) is 25.8. The van der Waals surface area contributed by atoms with Crippen LogP contribution in [0.1, 0.15) is 0 Å². The second-order valence-corrected chi connectivity index (χ2v) is 14.5. The second-order valence-electron chi connectivity index (χ2n) is 13.4. The normalized spacial score (nSPS) is 11.8. The van der Waals surface area contributed by atoms with Crippen LogP contribution in [-0.2, 0) is 0 Å². The molecule has 0 unspecified atom stereocenters. The van der Waals surface area contributed by atoms with Crippen LogP contribution in [0.3, 0.4) is 0 Å². The van der Waals surface area contributed by atoms with E-state index in [0.717, 1.165) is 39.1 Å². The van der Waals surface area contributed by atoms with Crippen LogP contribution in [0.15, 0.2) is 176 Å². The van der Waals surface area contributed by atoms with Crippen molar-refractivity contribution in [3.05, 3.63) is 176 Å². The summed E-state index contributed by atoms with van der Waals surface area (Å²) in [4.78, 5) is 10.7. The Morgan fingerprint density at radius 2 is 1.04 bits per heavy atom. The lowest BCUT2D eigenvalue weighted by Crippen LogP contribution is -2.04. The predicted molar refractivity (Wildman–Crippen MR) is 221 cm³/mol. The van der Waals surface area contributed by atoms with Gasteiger partial charge in [0.2, 0.25) is 5.95 Å². The van der Waals surface area contributed by atoms with Gasteiger partial charge in [-0.1, -0.05) is 140 Å². The number of rotatable bonds is 4. The van der Waals surface area contributed by atoms with Gasteiger partial charge in [0.1, 0.15) is 0 Å². The molecule has 0 saturated carbocycles. The smallest absolute Gasteiger partial charge is 0.235 e. The maximum atomic E-state index is 5.36. The largest absolute Gasteiger partial charge is 0.277 e. The predicted octanol–water partition coefficient (Wildman–Crippen LogP) is 13.2. The van der Waals surface area contributed by atoms with Gasteiger partial charge in [0.05, 0.1) is 22.4 Å². The van der Waals surface area contributed by atoms with E-state index < -0.39 is 0 Å². The molecule has 52 heavy (non-hydrogen) atoms. The van der Waals surface area contributed by atoms with Gasteiger partial charge in [-0.25, -0.2) is 9.97 Å². The van der Waals surface area contributed by atoms with Crippen molar-refractivity contribution in [3.8, 4) is 39.6 Å². The minimum atomic E-state index is 0.649. The maximum Gasteiger partial charge on any atom is 0.235 e. The highest BCUT2D eigenvalue weighted by molar-refractivity contribution is 7.26. The minimum Gasteiger partial charge on any atom is -0.277 e. The third-order valence-electron chi connectivity index (χ3n) is 10.4. The molecule has 0 aliphatic carbocycles.